The van der Waals surface area contributed by atoms with Gasteiger partial charge in [0.05, 0.1) is 12.2 Å². The molecule has 2 amide bonds. The molecular formula is C19H21N3O4. The van der Waals surface area contributed by atoms with Crippen LogP contribution >= 0.6 is 0 Å². The molecule has 1 unspecified atom stereocenters. The van der Waals surface area contributed by atoms with Gasteiger partial charge in [0.15, 0.2) is 0 Å². The van der Waals surface area contributed by atoms with Gasteiger partial charge >= 0.3 is 5.97 Å². The second-order valence-electron chi connectivity index (χ2n) is 6.13. The summed E-state index contributed by atoms with van der Waals surface area (Å²) in [5.74, 6) is -0.960. The molecule has 2 aliphatic heterocycles. The molecule has 0 aromatic heterocycles. The Bertz CT molecular complexity index is 798. The summed E-state index contributed by atoms with van der Waals surface area (Å²) in [4.78, 5) is 38.9. The van der Waals surface area contributed by atoms with Crippen molar-refractivity contribution in [2.75, 3.05) is 11.9 Å². The van der Waals surface area contributed by atoms with Crippen LogP contribution in [-0.2, 0) is 19.1 Å². The first-order valence-electron chi connectivity index (χ1n) is 8.59. The van der Waals surface area contributed by atoms with Gasteiger partial charge in [-0.1, -0.05) is 18.2 Å². The van der Waals surface area contributed by atoms with Crippen LogP contribution < -0.4 is 10.6 Å². The number of rotatable bonds is 4. The van der Waals surface area contributed by atoms with Crippen molar-refractivity contribution in [2.24, 2.45) is 0 Å². The maximum atomic E-state index is 12.8. The quantitative estimate of drug-likeness (QED) is 0.636. The van der Waals surface area contributed by atoms with E-state index in [2.05, 4.69) is 10.6 Å². The molecule has 0 bridgehead atoms. The Morgan fingerprint density at radius 1 is 1.31 bits per heavy atom. The van der Waals surface area contributed by atoms with Crippen molar-refractivity contribution in [3.63, 3.8) is 0 Å². The molecule has 1 aromatic carbocycles. The van der Waals surface area contributed by atoms with Crippen molar-refractivity contribution in [1.29, 1.82) is 0 Å². The molecule has 136 valence electrons. The first-order chi connectivity index (χ1) is 12.5. The number of para-hydroxylation sites is 1. The normalized spacial score (nSPS) is 19.3. The highest BCUT2D eigenvalue weighted by Crippen LogP contribution is 2.30. The predicted molar refractivity (Wildman–Crippen MR) is 95.5 cm³/mol. The van der Waals surface area contributed by atoms with Crippen LogP contribution in [0.2, 0.25) is 0 Å². The Hall–Kier alpha value is -3.09. The van der Waals surface area contributed by atoms with E-state index in [0.29, 0.717) is 29.9 Å². The van der Waals surface area contributed by atoms with E-state index in [1.165, 1.54) is 11.1 Å². The van der Waals surface area contributed by atoms with Crippen molar-refractivity contribution < 1.29 is 19.1 Å². The summed E-state index contributed by atoms with van der Waals surface area (Å²) in [6, 6.07) is 9.00. The van der Waals surface area contributed by atoms with Gasteiger partial charge in [0.25, 0.3) is 11.8 Å². The van der Waals surface area contributed by atoms with E-state index in [1.807, 2.05) is 25.1 Å². The fraction of sp³-hybridized carbons (Fsp3) is 0.316. The smallest absolute Gasteiger partial charge is 0.345 e. The molecule has 0 fully saturated rings. The number of benzene rings is 1. The first kappa shape index (κ1) is 17.7. The number of anilines is 1. The highest BCUT2D eigenvalue weighted by molar-refractivity contribution is 6.18. The average molecular weight is 355 g/mol. The first-order valence-corrected chi connectivity index (χ1v) is 8.59. The third kappa shape index (κ3) is 3.33. The molecular weight excluding hydrogens is 334 g/mol. The molecule has 2 aliphatic rings. The molecule has 0 saturated carbocycles. The number of carbonyl (C=O) groups excluding carboxylic acids is 3. The summed E-state index contributed by atoms with van der Waals surface area (Å²) in [5.41, 5.74) is 1.10. The second kappa shape index (κ2) is 7.43. The molecule has 3 rings (SSSR count). The van der Waals surface area contributed by atoms with Gasteiger partial charge in [0, 0.05) is 17.9 Å². The van der Waals surface area contributed by atoms with Gasteiger partial charge < -0.3 is 15.4 Å². The number of hydrogen-bond donors (Lipinski definition) is 2. The largest absolute Gasteiger partial charge is 0.462 e. The van der Waals surface area contributed by atoms with Crippen LogP contribution in [0.3, 0.4) is 0 Å². The lowest BCUT2D eigenvalue weighted by atomic mass is 9.96. The van der Waals surface area contributed by atoms with Gasteiger partial charge in [-0.2, -0.15) is 0 Å². The Morgan fingerprint density at radius 2 is 2.04 bits per heavy atom. The molecule has 26 heavy (non-hydrogen) atoms. The minimum Gasteiger partial charge on any atom is -0.462 e. The number of nitrogens with one attached hydrogen (secondary N) is 2. The zero-order valence-corrected chi connectivity index (χ0v) is 14.7. The average Bonchev–Trinajstić information content (AvgIpc) is 2.63. The maximum absolute atomic E-state index is 12.8. The van der Waals surface area contributed by atoms with Crippen LogP contribution in [0, 0.1) is 0 Å². The number of hydrogen-bond acceptors (Lipinski definition) is 5. The topological polar surface area (TPSA) is 87.7 Å². The number of fused-ring (bicyclic) bond motifs is 1. The van der Waals surface area contributed by atoms with Gasteiger partial charge in [-0.3, -0.25) is 14.5 Å². The Morgan fingerprint density at radius 3 is 2.73 bits per heavy atom. The second-order valence-corrected chi connectivity index (χ2v) is 6.13. The SMILES string of the molecule is CCOC(=O)C1=CNC2=C(C(=O)Nc3ccccc3)CCC(C)N2C1=O. The lowest BCUT2D eigenvalue weighted by Crippen LogP contribution is -2.50. The molecule has 0 aliphatic carbocycles. The van der Waals surface area contributed by atoms with Crippen LogP contribution in [0.4, 0.5) is 5.69 Å². The highest BCUT2D eigenvalue weighted by atomic mass is 16.5. The van der Waals surface area contributed by atoms with Crippen LogP contribution in [0.25, 0.3) is 0 Å². The van der Waals surface area contributed by atoms with E-state index in [4.69, 9.17) is 4.74 Å². The number of nitrogens with zero attached hydrogens (tertiary/aromatic N) is 1. The van der Waals surface area contributed by atoms with Crippen molar-refractivity contribution >= 4 is 23.5 Å². The van der Waals surface area contributed by atoms with Crippen molar-refractivity contribution in [2.45, 2.75) is 32.7 Å². The van der Waals surface area contributed by atoms with Crippen molar-refractivity contribution in [3.8, 4) is 0 Å². The minimum atomic E-state index is -0.669. The van der Waals surface area contributed by atoms with Gasteiger partial charge in [0.2, 0.25) is 0 Å². The molecule has 2 heterocycles. The molecule has 1 aromatic rings. The van der Waals surface area contributed by atoms with Crippen molar-refractivity contribution in [3.05, 3.63) is 53.5 Å². The number of amides is 2. The Labute approximate surface area is 151 Å². The molecule has 1 atom stereocenters. The zero-order chi connectivity index (χ0) is 18.7. The minimum absolute atomic E-state index is 0.0628. The van der Waals surface area contributed by atoms with Gasteiger partial charge in [0.1, 0.15) is 11.4 Å². The Kier molecular flexibility index (Phi) is 5.06. The summed E-state index contributed by atoms with van der Waals surface area (Å²) in [6.07, 6.45) is 2.49. The predicted octanol–water partition coefficient (Wildman–Crippen LogP) is 1.90. The number of carbonyl (C=O) groups is 3. The summed E-state index contributed by atoms with van der Waals surface area (Å²) in [6.45, 7) is 3.76. The zero-order valence-electron chi connectivity index (χ0n) is 14.7. The van der Waals surface area contributed by atoms with E-state index in [0.717, 1.165) is 0 Å². The van der Waals surface area contributed by atoms with Gasteiger partial charge in [-0.15, -0.1) is 0 Å². The standard InChI is InChI=1S/C19H21N3O4/c1-3-26-19(25)15-11-20-16-14(10-9-12(2)22(16)18(15)24)17(23)21-13-7-5-4-6-8-13/h4-8,11-12,20H,3,9-10H2,1-2H3,(H,21,23). The van der Waals surface area contributed by atoms with Gasteiger partial charge in [-0.05, 0) is 38.8 Å². The summed E-state index contributed by atoms with van der Waals surface area (Å²) in [7, 11) is 0. The van der Waals surface area contributed by atoms with E-state index in [-0.39, 0.29) is 24.1 Å². The molecule has 7 heteroatoms. The monoisotopic (exact) mass is 355 g/mol. The van der Waals surface area contributed by atoms with Crippen LogP contribution in [0.1, 0.15) is 26.7 Å². The fourth-order valence-electron chi connectivity index (χ4n) is 3.06. The third-order valence-corrected chi connectivity index (χ3v) is 4.38. The molecule has 2 N–H and O–H groups in total. The number of esters is 1. The molecule has 7 nitrogen and oxygen atoms in total. The molecule has 0 spiro atoms. The lowest BCUT2D eigenvalue weighted by molar-refractivity contribution is -0.142. The van der Waals surface area contributed by atoms with Crippen LogP contribution in [-0.4, -0.2) is 35.3 Å². The van der Waals surface area contributed by atoms with E-state index >= 15 is 0 Å². The van der Waals surface area contributed by atoms with E-state index in [9.17, 15) is 14.4 Å². The van der Waals surface area contributed by atoms with Crippen LogP contribution in [0.5, 0.6) is 0 Å². The van der Waals surface area contributed by atoms with Gasteiger partial charge in [-0.25, -0.2) is 4.79 Å². The maximum Gasteiger partial charge on any atom is 0.345 e. The summed E-state index contributed by atoms with van der Waals surface area (Å²) >= 11 is 0. The third-order valence-electron chi connectivity index (χ3n) is 4.38. The number of ether oxygens (including phenoxy) is 1. The molecule has 0 radical (unpaired) electrons. The fourth-order valence-corrected chi connectivity index (χ4v) is 3.06. The van der Waals surface area contributed by atoms with Crippen molar-refractivity contribution in [1.82, 2.24) is 10.2 Å². The highest BCUT2D eigenvalue weighted by Gasteiger charge is 2.39. The Balaban J connectivity index is 1.90. The summed E-state index contributed by atoms with van der Waals surface area (Å²) < 4.78 is 4.93. The summed E-state index contributed by atoms with van der Waals surface area (Å²) in [5, 5.41) is 5.79. The van der Waals surface area contributed by atoms with E-state index in [1.54, 1.807) is 19.1 Å². The lowest BCUT2D eigenvalue weighted by Gasteiger charge is -2.39. The molecule has 0 saturated heterocycles. The van der Waals surface area contributed by atoms with Crippen LogP contribution in [0.15, 0.2) is 53.5 Å². The van der Waals surface area contributed by atoms with E-state index < -0.39 is 11.9 Å².